The van der Waals surface area contributed by atoms with Crippen molar-refractivity contribution in [2.45, 2.75) is 6.54 Å². The lowest BCUT2D eigenvalue weighted by atomic mass is 10.3. The summed E-state index contributed by atoms with van der Waals surface area (Å²) in [6.45, 7) is 0.357. The summed E-state index contributed by atoms with van der Waals surface area (Å²) < 4.78 is 0. The van der Waals surface area contributed by atoms with E-state index >= 15 is 0 Å². The highest BCUT2D eigenvalue weighted by molar-refractivity contribution is 5.74. The summed E-state index contributed by atoms with van der Waals surface area (Å²) in [5.41, 5.74) is 0.144. The Balaban J connectivity index is 1.95. The van der Waals surface area contributed by atoms with Crippen molar-refractivity contribution in [1.29, 1.82) is 0 Å². The monoisotopic (exact) mass is 273 g/mol. The maximum atomic E-state index is 11.7. The Labute approximate surface area is 111 Å². The Morgan fingerprint density at radius 3 is 2.90 bits per heavy atom. The molecule has 0 aliphatic rings. The summed E-state index contributed by atoms with van der Waals surface area (Å²) in [4.78, 5) is 37.7. The first-order valence-corrected chi connectivity index (χ1v) is 5.82. The molecule has 9 nitrogen and oxygen atoms in total. The molecule has 0 unspecified atom stereocenters. The van der Waals surface area contributed by atoms with Gasteiger partial charge in [-0.05, 0) is 12.1 Å². The largest absolute Gasteiger partial charge is 0.352 e. The zero-order valence-corrected chi connectivity index (χ0v) is 10.5. The second-order valence-corrected chi connectivity index (χ2v) is 4.25. The fraction of sp³-hybridized carbons (Fsp3) is 0.182. The number of nitrogens with zero attached hydrogens (tertiary/aromatic N) is 4. The molecule has 0 fully saturated rings. The molecule has 9 heteroatoms. The van der Waals surface area contributed by atoms with Gasteiger partial charge in [0.15, 0.2) is 5.52 Å². The maximum absolute atomic E-state index is 11.7. The fourth-order valence-corrected chi connectivity index (χ4v) is 1.84. The van der Waals surface area contributed by atoms with Crippen LogP contribution in [0.4, 0.5) is 5.82 Å². The van der Waals surface area contributed by atoms with Crippen LogP contribution in [0.5, 0.6) is 0 Å². The zero-order valence-electron chi connectivity index (χ0n) is 10.5. The minimum atomic E-state index is -0.361. The van der Waals surface area contributed by atoms with Crippen LogP contribution in [0.15, 0.2) is 28.0 Å². The number of aromatic amines is 3. The molecule has 0 amide bonds. The van der Waals surface area contributed by atoms with Crippen molar-refractivity contribution in [3.63, 3.8) is 0 Å². The molecule has 0 saturated heterocycles. The van der Waals surface area contributed by atoms with Gasteiger partial charge < -0.3 is 9.88 Å². The van der Waals surface area contributed by atoms with Gasteiger partial charge in [0.25, 0.3) is 5.56 Å². The average molecular weight is 273 g/mol. The summed E-state index contributed by atoms with van der Waals surface area (Å²) in [6.07, 6.45) is 1.34. The molecule has 0 aliphatic heterocycles. The van der Waals surface area contributed by atoms with E-state index in [1.54, 1.807) is 24.1 Å². The average Bonchev–Trinajstić information content (AvgIpc) is 2.84. The van der Waals surface area contributed by atoms with Gasteiger partial charge in [-0.3, -0.25) is 9.78 Å². The fourth-order valence-electron chi connectivity index (χ4n) is 1.84. The summed E-state index contributed by atoms with van der Waals surface area (Å²) in [7, 11) is 1.78. The van der Waals surface area contributed by atoms with E-state index in [4.69, 9.17) is 0 Å². The maximum Gasteiger partial charge on any atom is 0.340 e. The predicted molar refractivity (Wildman–Crippen MR) is 71.5 cm³/mol. The normalized spacial score (nSPS) is 10.8. The highest BCUT2D eigenvalue weighted by Gasteiger charge is 2.09. The van der Waals surface area contributed by atoms with Crippen LogP contribution in [0.1, 0.15) is 5.82 Å². The van der Waals surface area contributed by atoms with E-state index in [0.717, 1.165) is 0 Å². The molecule has 20 heavy (non-hydrogen) atoms. The molecule has 0 saturated carbocycles. The molecule has 0 aromatic carbocycles. The number of pyridine rings is 1. The third-order valence-corrected chi connectivity index (χ3v) is 2.80. The summed E-state index contributed by atoms with van der Waals surface area (Å²) in [5, 5.41) is 6.11. The second-order valence-electron chi connectivity index (χ2n) is 4.25. The minimum absolute atomic E-state index is 0.271. The number of aromatic nitrogens is 6. The highest BCUT2D eigenvalue weighted by Crippen LogP contribution is 2.13. The van der Waals surface area contributed by atoms with Crippen LogP contribution in [0.2, 0.25) is 0 Å². The quantitative estimate of drug-likeness (QED) is 0.583. The molecule has 3 heterocycles. The molecule has 0 spiro atoms. The number of hydrogen-bond donors (Lipinski definition) is 3. The SMILES string of the molecule is CN(Cc1n[nH]c(=O)[nH]1)c1ccc2nc[nH]c(=O)c2n1. The van der Waals surface area contributed by atoms with E-state index in [2.05, 4.69) is 30.1 Å². The van der Waals surface area contributed by atoms with Crippen LogP contribution in [-0.2, 0) is 6.54 Å². The van der Waals surface area contributed by atoms with E-state index in [1.165, 1.54) is 6.33 Å². The van der Waals surface area contributed by atoms with Crippen molar-refractivity contribution in [3.05, 3.63) is 45.1 Å². The summed E-state index contributed by atoms with van der Waals surface area (Å²) in [5.74, 6) is 1.07. The lowest BCUT2D eigenvalue weighted by Gasteiger charge is -2.16. The van der Waals surface area contributed by atoms with Crippen LogP contribution < -0.4 is 16.1 Å². The molecule has 3 N–H and O–H groups in total. The van der Waals surface area contributed by atoms with Crippen LogP contribution in [0.25, 0.3) is 11.0 Å². The van der Waals surface area contributed by atoms with Crippen LogP contribution >= 0.6 is 0 Å². The molecule has 3 aromatic heterocycles. The Kier molecular flexibility index (Phi) is 2.78. The van der Waals surface area contributed by atoms with Crippen LogP contribution in [0, 0.1) is 0 Å². The summed E-state index contributed by atoms with van der Waals surface area (Å²) in [6, 6.07) is 3.47. The minimum Gasteiger partial charge on any atom is -0.352 e. The zero-order chi connectivity index (χ0) is 14.1. The van der Waals surface area contributed by atoms with Crippen LogP contribution in [0.3, 0.4) is 0 Å². The van der Waals surface area contributed by atoms with Crippen molar-refractivity contribution in [1.82, 2.24) is 30.1 Å². The van der Waals surface area contributed by atoms with Gasteiger partial charge in [0.2, 0.25) is 0 Å². The number of hydrogen-bond acceptors (Lipinski definition) is 6. The molecule has 0 radical (unpaired) electrons. The number of rotatable bonds is 3. The molecule has 0 aliphatic carbocycles. The van der Waals surface area contributed by atoms with Gasteiger partial charge >= 0.3 is 5.69 Å². The third kappa shape index (κ3) is 2.16. The van der Waals surface area contributed by atoms with Gasteiger partial charge in [-0.2, -0.15) is 5.10 Å². The number of nitrogens with one attached hydrogen (secondary N) is 3. The number of fused-ring (bicyclic) bond motifs is 1. The Bertz CT molecular complexity index is 863. The lowest BCUT2D eigenvalue weighted by Crippen LogP contribution is -2.20. The molecule has 102 valence electrons. The van der Waals surface area contributed by atoms with E-state index in [0.29, 0.717) is 23.7 Å². The summed E-state index contributed by atoms with van der Waals surface area (Å²) >= 11 is 0. The molecular formula is C11H11N7O2. The molecule has 0 atom stereocenters. The standard InChI is InChI=1S/C11H11N7O2/c1-18(4-7-14-11(20)17-16-7)8-3-2-6-9(15-8)10(19)13-5-12-6/h2-3,5H,4H2,1H3,(H,12,13,19)(H2,14,16,17,20). The van der Waals surface area contributed by atoms with Crippen LogP contribution in [-0.4, -0.2) is 37.2 Å². The van der Waals surface area contributed by atoms with Gasteiger partial charge in [0, 0.05) is 7.05 Å². The molecular weight excluding hydrogens is 262 g/mol. The van der Waals surface area contributed by atoms with Crippen molar-refractivity contribution < 1.29 is 0 Å². The van der Waals surface area contributed by atoms with Gasteiger partial charge in [-0.1, -0.05) is 0 Å². The van der Waals surface area contributed by atoms with E-state index in [-0.39, 0.29) is 16.8 Å². The molecule has 3 aromatic rings. The first-order chi connectivity index (χ1) is 9.63. The van der Waals surface area contributed by atoms with E-state index in [1.807, 2.05) is 0 Å². The molecule has 0 bridgehead atoms. The molecule has 3 rings (SSSR count). The van der Waals surface area contributed by atoms with Crippen molar-refractivity contribution in [3.8, 4) is 0 Å². The first-order valence-electron chi connectivity index (χ1n) is 5.82. The highest BCUT2D eigenvalue weighted by atomic mass is 16.1. The van der Waals surface area contributed by atoms with E-state index < -0.39 is 0 Å². The first kappa shape index (κ1) is 12.1. The third-order valence-electron chi connectivity index (χ3n) is 2.80. The van der Waals surface area contributed by atoms with Crippen molar-refractivity contribution in [2.75, 3.05) is 11.9 Å². The Hall–Kier alpha value is -2.97. The van der Waals surface area contributed by atoms with E-state index in [9.17, 15) is 9.59 Å². The lowest BCUT2D eigenvalue weighted by molar-refractivity contribution is 0.832. The van der Waals surface area contributed by atoms with Crippen molar-refractivity contribution in [2.24, 2.45) is 0 Å². The predicted octanol–water partition coefficient (Wildman–Crippen LogP) is -0.634. The smallest absolute Gasteiger partial charge is 0.340 e. The van der Waals surface area contributed by atoms with Gasteiger partial charge in [0.05, 0.1) is 18.4 Å². The Morgan fingerprint density at radius 2 is 2.15 bits per heavy atom. The topological polar surface area (TPSA) is 123 Å². The van der Waals surface area contributed by atoms with Gasteiger partial charge in [0.1, 0.15) is 11.6 Å². The number of H-pyrrole nitrogens is 3. The van der Waals surface area contributed by atoms with Crippen molar-refractivity contribution >= 4 is 16.9 Å². The second kappa shape index (κ2) is 4.61. The van der Waals surface area contributed by atoms with Gasteiger partial charge in [-0.25, -0.2) is 19.9 Å². The van der Waals surface area contributed by atoms with Gasteiger partial charge in [-0.15, -0.1) is 0 Å². The Morgan fingerprint density at radius 1 is 1.30 bits per heavy atom. The number of anilines is 1.